The van der Waals surface area contributed by atoms with Gasteiger partial charge < -0.3 is 19.9 Å². The second kappa shape index (κ2) is 5.80. The molecule has 4 nitrogen and oxygen atoms in total. The maximum Gasteiger partial charge on any atom is 0.0897 e. The monoisotopic (exact) mass is 215 g/mol. The fraction of sp³-hybridized carbons (Fsp3) is 1.00. The van der Waals surface area contributed by atoms with Gasteiger partial charge in [-0.3, -0.25) is 0 Å². The van der Waals surface area contributed by atoms with Crippen LogP contribution >= 0.6 is 0 Å². The predicted molar refractivity (Wildman–Crippen MR) is 56.8 cm³/mol. The van der Waals surface area contributed by atoms with Crippen molar-refractivity contribution < 1.29 is 14.6 Å². The highest BCUT2D eigenvalue weighted by atomic mass is 16.5. The lowest BCUT2D eigenvalue weighted by Crippen LogP contribution is -2.32. The molecule has 2 N–H and O–H groups in total. The van der Waals surface area contributed by atoms with E-state index in [1.807, 2.05) is 0 Å². The van der Waals surface area contributed by atoms with E-state index in [2.05, 4.69) is 5.32 Å². The van der Waals surface area contributed by atoms with Crippen LogP contribution in [0.3, 0.4) is 0 Å². The SMILES string of the molecule is OC(CNC1CC1)COCC1CCOC1. The Labute approximate surface area is 90.9 Å². The summed E-state index contributed by atoms with van der Waals surface area (Å²) in [5.74, 6) is 0.536. The number of ether oxygens (including phenoxy) is 2. The van der Waals surface area contributed by atoms with Gasteiger partial charge in [0.25, 0.3) is 0 Å². The van der Waals surface area contributed by atoms with Crippen LogP contribution in [0.5, 0.6) is 0 Å². The van der Waals surface area contributed by atoms with Gasteiger partial charge in [0.05, 0.1) is 25.9 Å². The van der Waals surface area contributed by atoms with Crippen LogP contribution in [0, 0.1) is 5.92 Å². The molecule has 0 bridgehead atoms. The van der Waals surface area contributed by atoms with Gasteiger partial charge in [0.15, 0.2) is 0 Å². The van der Waals surface area contributed by atoms with Crippen LogP contribution in [0.2, 0.25) is 0 Å². The van der Waals surface area contributed by atoms with Gasteiger partial charge in [-0.05, 0) is 19.3 Å². The first-order valence-corrected chi connectivity index (χ1v) is 5.91. The second-order valence-corrected chi connectivity index (χ2v) is 4.60. The Balaban J connectivity index is 1.44. The zero-order valence-corrected chi connectivity index (χ0v) is 9.15. The van der Waals surface area contributed by atoms with Crippen molar-refractivity contribution in [2.45, 2.75) is 31.4 Å². The molecule has 0 radical (unpaired) electrons. The van der Waals surface area contributed by atoms with E-state index in [-0.39, 0.29) is 6.10 Å². The summed E-state index contributed by atoms with van der Waals surface area (Å²) in [5, 5.41) is 12.9. The number of aliphatic hydroxyl groups excluding tert-OH is 1. The molecule has 1 aliphatic carbocycles. The van der Waals surface area contributed by atoms with E-state index in [1.54, 1.807) is 0 Å². The first kappa shape index (κ1) is 11.3. The molecule has 0 aromatic carbocycles. The second-order valence-electron chi connectivity index (χ2n) is 4.60. The molecule has 2 atom stereocenters. The number of aliphatic hydroxyl groups is 1. The summed E-state index contributed by atoms with van der Waals surface area (Å²) >= 11 is 0. The number of hydrogen-bond acceptors (Lipinski definition) is 4. The van der Waals surface area contributed by atoms with Crippen LogP contribution in [0.1, 0.15) is 19.3 Å². The minimum atomic E-state index is -0.368. The lowest BCUT2D eigenvalue weighted by atomic mass is 10.1. The van der Waals surface area contributed by atoms with E-state index in [4.69, 9.17) is 9.47 Å². The lowest BCUT2D eigenvalue weighted by molar-refractivity contribution is 0.0196. The van der Waals surface area contributed by atoms with Crippen LogP contribution in [-0.2, 0) is 9.47 Å². The largest absolute Gasteiger partial charge is 0.389 e. The highest BCUT2D eigenvalue weighted by Gasteiger charge is 2.21. The van der Waals surface area contributed by atoms with Gasteiger partial charge in [0.1, 0.15) is 0 Å². The van der Waals surface area contributed by atoms with Crippen molar-refractivity contribution in [2.75, 3.05) is 33.0 Å². The Morgan fingerprint density at radius 1 is 1.40 bits per heavy atom. The van der Waals surface area contributed by atoms with E-state index in [9.17, 15) is 5.11 Å². The first-order valence-electron chi connectivity index (χ1n) is 5.91. The number of hydrogen-bond donors (Lipinski definition) is 2. The molecule has 2 fully saturated rings. The topological polar surface area (TPSA) is 50.7 Å². The van der Waals surface area contributed by atoms with Gasteiger partial charge in [0.2, 0.25) is 0 Å². The normalized spacial score (nSPS) is 28.2. The quantitative estimate of drug-likeness (QED) is 0.635. The zero-order chi connectivity index (χ0) is 10.5. The molecule has 2 unspecified atom stereocenters. The molecule has 0 aromatic rings. The van der Waals surface area contributed by atoms with Crippen molar-refractivity contribution in [3.63, 3.8) is 0 Å². The van der Waals surface area contributed by atoms with Crippen molar-refractivity contribution in [3.05, 3.63) is 0 Å². The third-order valence-electron chi connectivity index (χ3n) is 2.91. The van der Waals surface area contributed by atoms with Gasteiger partial charge in [-0.2, -0.15) is 0 Å². The van der Waals surface area contributed by atoms with Gasteiger partial charge in [-0.15, -0.1) is 0 Å². The van der Waals surface area contributed by atoms with Gasteiger partial charge >= 0.3 is 0 Å². The maximum absolute atomic E-state index is 9.58. The Morgan fingerprint density at radius 3 is 2.93 bits per heavy atom. The van der Waals surface area contributed by atoms with E-state index < -0.39 is 0 Å². The predicted octanol–water partition coefficient (Wildman–Crippen LogP) is 0.152. The molecule has 0 aromatic heterocycles. The molecule has 1 saturated carbocycles. The fourth-order valence-corrected chi connectivity index (χ4v) is 1.73. The standard InChI is InChI=1S/C11H21NO3/c13-11(5-12-10-1-2-10)8-15-7-9-3-4-14-6-9/h9-13H,1-8H2. The third-order valence-corrected chi connectivity index (χ3v) is 2.91. The van der Waals surface area contributed by atoms with E-state index in [1.165, 1.54) is 12.8 Å². The summed E-state index contributed by atoms with van der Waals surface area (Å²) < 4.78 is 10.7. The van der Waals surface area contributed by atoms with E-state index in [0.717, 1.165) is 26.2 Å². The van der Waals surface area contributed by atoms with Crippen molar-refractivity contribution in [1.82, 2.24) is 5.32 Å². The molecule has 1 aliphatic heterocycles. The minimum Gasteiger partial charge on any atom is -0.389 e. The Hall–Kier alpha value is -0.160. The van der Waals surface area contributed by atoms with Crippen molar-refractivity contribution in [1.29, 1.82) is 0 Å². The van der Waals surface area contributed by atoms with Crippen LogP contribution in [0.4, 0.5) is 0 Å². The molecular formula is C11H21NO3. The van der Waals surface area contributed by atoms with Crippen LogP contribution in [0.15, 0.2) is 0 Å². The first-order chi connectivity index (χ1) is 7.34. The Bertz CT molecular complexity index is 179. The van der Waals surface area contributed by atoms with Gasteiger partial charge in [0, 0.05) is 25.1 Å². The molecule has 1 saturated heterocycles. The summed E-state index contributed by atoms with van der Waals surface area (Å²) in [7, 11) is 0. The number of nitrogens with one attached hydrogen (secondary N) is 1. The molecule has 2 aliphatic rings. The summed E-state index contributed by atoms with van der Waals surface area (Å²) in [6, 6.07) is 0.655. The van der Waals surface area contributed by atoms with Crippen LogP contribution < -0.4 is 5.32 Å². The molecular weight excluding hydrogens is 194 g/mol. The van der Waals surface area contributed by atoms with Crippen molar-refractivity contribution in [3.8, 4) is 0 Å². The Kier molecular flexibility index (Phi) is 4.38. The molecule has 0 spiro atoms. The zero-order valence-electron chi connectivity index (χ0n) is 9.15. The fourth-order valence-electron chi connectivity index (χ4n) is 1.73. The highest BCUT2D eigenvalue weighted by Crippen LogP contribution is 2.18. The summed E-state index contributed by atoms with van der Waals surface area (Å²) in [6.07, 6.45) is 3.24. The summed E-state index contributed by atoms with van der Waals surface area (Å²) in [4.78, 5) is 0. The molecule has 88 valence electrons. The van der Waals surface area contributed by atoms with Gasteiger partial charge in [-0.25, -0.2) is 0 Å². The van der Waals surface area contributed by atoms with Crippen LogP contribution in [0.25, 0.3) is 0 Å². The Morgan fingerprint density at radius 2 is 2.27 bits per heavy atom. The maximum atomic E-state index is 9.58. The average molecular weight is 215 g/mol. The van der Waals surface area contributed by atoms with Crippen molar-refractivity contribution in [2.24, 2.45) is 5.92 Å². The molecule has 4 heteroatoms. The van der Waals surface area contributed by atoms with Crippen LogP contribution in [-0.4, -0.2) is 50.2 Å². The molecule has 0 amide bonds. The lowest BCUT2D eigenvalue weighted by Gasteiger charge is -2.13. The molecule has 2 rings (SSSR count). The average Bonchev–Trinajstić information content (AvgIpc) is 2.92. The summed E-state index contributed by atoms with van der Waals surface area (Å²) in [6.45, 7) is 3.50. The van der Waals surface area contributed by atoms with E-state index >= 15 is 0 Å². The van der Waals surface area contributed by atoms with E-state index in [0.29, 0.717) is 25.1 Å². The molecule has 15 heavy (non-hydrogen) atoms. The van der Waals surface area contributed by atoms with Gasteiger partial charge in [-0.1, -0.05) is 0 Å². The smallest absolute Gasteiger partial charge is 0.0897 e. The highest BCUT2D eigenvalue weighted by molar-refractivity contribution is 4.81. The number of rotatable bonds is 7. The third kappa shape index (κ3) is 4.47. The molecule has 1 heterocycles. The minimum absolute atomic E-state index is 0.368. The summed E-state index contributed by atoms with van der Waals surface area (Å²) in [5.41, 5.74) is 0. The van der Waals surface area contributed by atoms with Crippen molar-refractivity contribution >= 4 is 0 Å².